The van der Waals surface area contributed by atoms with Crippen molar-refractivity contribution in [3.8, 4) is 0 Å². The monoisotopic (exact) mass is 472 g/mol. The molecule has 3 aromatic rings. The van der Waals surface area contributed by atoms with E-state index in [1.54, 1.807) is 29.2 Å². The van der Waals surface area contributed by atoms with E-state index in [0.717, 1.165) is 5.69 Å². The van der Waals surface area contributed by atoms with Gasteiger partial charge in [-0.25, -0.2) is 0 Å². The van der Waals surface area contributed by atoms with Crippen molar-refractivity contribution < 1.29 is 14.4 Å². The number of rotatable bonds is 7. The molecule has 4 rings (SSSR count). The second-order valence-corrected chi connectivity index (χ2v) is 9.46. The SMILES string of the molecule is O=C(CSc1nnc(NC(=O)C2CC(=O)N(c3ccccc3)C2)s1)c1ccc(Cl)cc1. The first-order valence-corrected chi connectivity index (χ1v) is 11.6. The average molecular weight is 473 g/mol. The Bertz CT molecular complexity index is 1110. The lowest BCUT2D eigenvalue weighted by Crippen LogP contribution is -2.28. The van der Waals surface area contributed by atoms with Gasteiger partial charge in [-0.05, 0) is 36.4 Å². The summed E-state index contributed by atoms with van der Waals surface area (Å²) in [5, 5.41) is 11.6. The van der Waals surface area contributed by atoms with Crippen molar-refractivity contribution in [1.82, 2.24) is 10.2 Å². The molecule has 2 aromatic carbocycles. The highest BCUT2D eigenvalue weighted by Gasteiger charge is 2.35. The highest BCUT2D eigenvalue weighted by atomic mass is 35.5. The van der Waals surface area contributed by atoms with Crippen molar-refractivity contribution in [1.29, 1.82) is 0 Å². The minimum atomic E-state index is -0.459. The summed E-state index contributed by atoms with van der Waals surface area (Å²) in [7, 11) is 0. The van der Waals surface area contributed by atoms with Gasteiger partial charge in [0.2, 0.25) is 16.9 Å². The van der Waals surface area contributed by atoms with Gasteiger partial charge in [0.25, 0.3) is 0 Å². The molecule has 1 N–H and O–H groups in total. The van der Waals surface area contributed by atoms with Crippen LogP contribution in [0.4, 0.5) is 10.8 Å². The van der Waals surface area contributed by atoms with Crippen molar-refractivity contribution in [3.05, 3.63) is 65.2 Å². The third-order valence-corrected chi connectivity index (χ3v) is 6.92. The lowest BCUT2D eigenvalue weighted by Gasteiger charge is -2.16. The Morgan fingerprint density at radius 3 is 2.61 bits per heavy atom. The zero-order valence-electron chi connectivity index (χ0n) is 16.2. The van der Waals surface area contributed by atoms with Crippen LogP contribution >= 0.6 is 34.7 Å². The predicted octanol–water partition coefficient (Wildman–Crippen LogP) is 4.16. The zero-order valence-corrected chi connectivity index (χ0v) is 18.5. The van der Waals surface area contributed by atoms with Gasteiger partial charge in [-0.15, -0.1) is 10.2 Å². The van der Waals surface area contributed by atoms with E-state index in [0.29, 0.717) is 26.6 Å². The van der Waals surface area contributed by atoms with E-state index in [4.69, 9.17) is 11.6 Å². The predicted molar refractivity (Wildman–Crippen MR) is 122 cm³/mol. The molecule has 31 heavy (non-hydrogen) atoms. The molecule has 1 fully saturated rings. The van der Waals surface area contributed by atoms with Crippen LogP contribution in [0.5, 0.6) is 0 Å². The van der Waals surface area contributed by atoms with Crippen molar-refractivity contribution in [2.75, 3.05) is 22.5 Å². The molecule has 0 bridgehead atoms. The van der Waals surface area contributed by atoms with E-state index in [2.05, 4.69) is 15.5 Å². The maximum atomic E-state index is 12.6. The van der Waals surface area contributed by atoms with Gasteiger partial charge in [-0.3, -0.25) is 14.4 Å². The Balaban J connectivity index is 1.30. The molecular weight excluding hydrogens is 456 g/mol. The number of hydrogen-bond donors (Lipinski definition) is 1. The van der Waals surface area contributed by atoms with E-state index in [1.807, 2.05) is 30.3 Å². The average Bonchev–Trinajstić information content (AvgIpc) is 3.39. The molecule has 0 aliphatic carbocycles. The van der Waals surface area contributed by atoms with Crippen molar-refractivity contribution in [3.63, 3.8) is 0 Å². The lowest BCUT2D eigenvalue weighted by atomic mass is 10.1. The fraction of sp³-hybridized carbons (Fsp3) is 0.190. The Hall–Kier alpha value is -2.75. The van der Waals surface area contributed by atoms with Crippen molar-refractivity contribution in [2.24, 2.45) is 5.92 Å². The third kappa shape index (κ3) is 5.30. The van der Waals surface area contributed by atoms with Gasteiger partial charge >= 0.3 is 0 Å². The Kier molecular flexibility index (Phi) is 6.64. The molecule has 2 amide bonds. The summed E-state index contributed by atoms with van der Waals surface area (Å²) in [6.07, 6.45) is 0.150. The van der Waals surface area contributed by atoms with Crippen LogP contribution in [0, 0.1) is 5.92 Å². The maximum absolute atomic E-state index is 12.6. The summed E-state index contributed by atoms with van der Waals surface area (Å²) < 4.78 is 0.575. The highest BCUT2D eigenvalue weighted by Crippen LogP contribution is 2.29. The van der Waals surface area contributed by atoms with Crippen LogP contribution in [0.3, 0.4) is 0 Å². The van der Waals surface area contributed by atoms with Crippen LogP contribution in [-0.4, -0.2) is 40.1 Å². The summed E-state index contributed by atoms with van der Waals surface area (Å²) in [6.45, 7) is 0.324. The molecule has 7 nitrogen and oxygen atoms in total. The standard InChI is InChI=1S/C21H17ClN4O3S2/c22-15-8-6-13(7-9-15)17(27)12-30-21-25-24-20(31-21)23-19(29)14-10-18(28)26(11-14)16-4-2-1-3-5-16/h1-9,14H,10-12H2,(H,23,24,29). The number of Topliss-reactive ketones (excluding diaryl/α,β-unsaturated/α-hetero) is 1. The van der Waals surface area contributed by atoms with E-state index in [1.165, 1.54) is 23.1 Å². The first-order chi connectivity index (χ1) is 15.0. The second kappa shape index (κ2) is 9.59. The van der Waals surface area contributed by atoms with Crippen LogP contribution in [0.1, 0.15) is 16.8 Å². The molecule has 2 heterocycles. The number of aromatic nitrogens is 2. The largest absolute Gasteiger partial charge is 0.312 e. The number of carbonyl (C=O) groups excluding carboxylic acids is 3. The first kappa shape index (κ1) is 21.5. The van der Waals surface area contributed by atoms with Gasteiger partial charge in [-0.1, -0.05) is 52.9 Å². The van der Waals surface area contributed by atoms with Crippen molar-refractivity contribution in [2.45, 2.75) is 10.8 Å². The fourth-order valence-corrected chi connectivity index (χ4v) is 4.89. The molecule has 1 atom stereocenters. The van der Waals surface area contributed by atoms with E-state index >= 15 is 0 Å². The molecule has 1 aliphatic heterocycles. The highest BCUT2D eigenvalue weighted by molar-refractivity contribution is 8.01. The topological polar surface area (TPSA) is 92.3 Å². The minimum absolute atomic E-state index is 0.0482. The van der Waals surface area contributed by atoms with Gasteiger partial charge in [0.05, 0.1) is 11.7 Å². The number of thioether (sulfide) groups is 1. The molecule has 1 saturated heterocycles. The number of halogens is 1. The number of hydrogen-bond acceptors (Lipinski definition) is 7. The number of carbonyl (C=O) groups is 3. The molecule has 158 valence electrons. The number of para-hydroxylation sites is 1. The molecule has 1 aliphatic rings. The third-order valence-electron chi connectivity index (χ3n) is 4.69. The number of ketones is 1. The summed E-state index contributed by atoms with van der Waals surface area (Å²) >= 11 is 8.29. The Morgan fingerprint density at radius 1 is 1.13 bits per heavy atom. The Labute approximate surface area is 191 Å². The van der Waals surface area contributed by atoms with Gasteiger partial charge in [0.15, 0.2) is 10.1 Å². The quantitative estimate of drug-likeness (QED) is 0.315. The zero-order chi connectivity index (χ0) is 21.8. The summed E-state index contributed by atoms with van der Waals surface area (Å²) in [5.41, 5.74) is 1.35. The number of amides is 2. The Morgan fingerprint density at radius 2 is 1.87 bits per heavy atom. The number of nitrogens with one attached hydrogen (secondary N) is 1. The smallest absolute Gasteiger partial charge is 0.231 e. The first-order valence-electron chi connectivity index (χ1n) is 9.41. The molecular formula is C21H17ClN4O3S2. The van der Waals surface area contributed by atoms with E-state index in [9.17, 15) is 14.4 Å². The second-order valence-electron chi connectivity index (χ2n) is 6.82. The van der Waals surface area contributed by atoms with Crippen LogP contribution in [0.25, 0.3) is 0 Å². The lowest BCUT2D eigenvalue weighted by molar-refractivity contribution is -0.122. The summed E-state index contributed by atoms with van der Waals surface area (Å²) in [5.74, 6) is -0.655. The molecule has 10 heteroatoms. The van der Waals surface area contributed by atoms with Gasteiger partial charge in [0, 0.05) is 29.2 Å². The molecule has 0 saturated carbocycles. The van der Waals surface area contributed by atoms with Gasteiger partial charge in [-0.2, -0.15) is 0 Å². The van der Waals surface area contributed by atoms with Crippen LogP contribution in [0.15, 0.2) is 58.9 Å². The molecule has 0 spiro atoms. The molecule has 0 radical (unpaired) electrons. The van der Waals surface area contributed by atoms with E-state index in [-0.39, 0.29) is 29.8 Å². The maximum Gasteiger partial charge on any atom is 0.231 e. The molecule has 1 unspecified atom stereocenters. The van der Waals surface area contributed by atoms with Gasteiger partial charge < -0.3 is 10.2 Å². The van der Waals surface area contributed by atoms with Crippen LogP contribution in [0.2, 0.25) is 5.02 Å². The van der Waals surface area contributed by atoms with Gasteiger partial charge in [0.1, 0.15) is 0 Å². The summed E-state index contributed by atoms with van der Waals surface area (Å²) in [6, 6.07) is 16.0. The van der Waals surface area contributed by atoms with Crippen LogP contribution in [-0.2, 0) is 9.59 Å². The number of benzene rings is 2. The minimum Gasteiger partial charge on any atom is -0.312 e. The van der Waals surface area contributed by atoms with E-state index < -0.39 is 5.92 Å². The normalized spacial score (nSPS) is 15.8. The number of anilines is 2. The fourth-order valence-electron chi connectivity index (χ4n) is 3.11. The van der Waals surface area contributed by atoms with Crippen molar-refractivity contribution >= 4 is 63.1 Å². The summed E-state index contributed by atoms with van der Waals surface area (Å²) in [4.78, 5) is 38.8. The number of nitrogens with zero attached hydrogens (tertiary/aromatic N) is 3. The molecule has 1 aromatic heterocycles. The van der Waals surface area contributed by atoms with Crippen LogP contribution < -0.4 is 10.2 Å².